The van der Waals surface area contributed by atoms with E-state index in [1.807, 2.05) is 13.0 Å². The van der Waals surface area contributed by atoms with E-state index in [9.17, 15) is 8.42 Å². The number of hydrogen-bond donors (Lipinski definition) is 0. The van der Waals surface area contributed by atoms with Crippen LogP contribution < -0.4 is 0 Å². The second-order valence-corrected chi connectivity index (χ2v) is 5.63. The smallest absolute Gasteiger partial charge is 0.175 e. The van der Waals surface area contributed by atoms with Crippen LogP contribution in [0, 0.1) is 0 Å². The van der Waals surface area contributed by atoms with Crippen molar-refractivity contribution in [3.8, 4) is 0 Å². The topological polar surface area (TPSA) is 34.1 Å². The highest BCUT2D eigenvalue weighted by atomic mass is 35.5. The van der Waals surface area contributed by atoms with Crippen LogP contribution in [0.15, 0.2) is 29.2 Å². The molecule has 0 aliphatic carbocycles. The summed E-state index contributed by atoms with van der Waals surface area (Å²) in [6, 6.07) is 6.68. The third-order valence-electron chi connectivity index (χ3n) is 1.75. The molecule has 0 saturated carbocycles. The van der Waals surface area contributed by atoms with Gasteiger partial charge in [-0.2, -0.15) is 0 Å². The Morgan fingerprint density at radius 3 is 2.46 bits per heavy atom. The van der Waals surface area contributed by atoms with Crippen LogP contribution in [0.4, 0.5) is 0 Å². The Balaban J connectivity index is 3.21. The summed E-state index contributed by atoms with van der Waals surface area (Å²) in [6.07, 6.45) is 1.19. The summed E-state index contributed by atoms with van der Waals surface area (Å²) in [4.78, 5) is 0.317. The second-order valence-electron chi connectivity index (χ2n) is 2.96. The monoisotopic (exact) mass is 218 g/mol. The van der Waals surface area contributed by atoms with Crippen LogP contribution in [0.3, 0.4) is 0 Å². The molecule has 2 nitrogen and oxygen atoms in total. The molecule has 1 rings (SSSR count). The number of rotatable bonds is 2. The van der Waals surface area contributed by atoms with Crippen LogP contribution >= 0.6 is 11.6 Å². The third-order valence-corrected chi connectivity index (χ3v) is 3.11. The van der Waals surface area contributed by atoms with Gasteiger partial charge in [-0.15, -0.1) is 11.6 Å². The summed E-state index contributed by atoms with van der Waals surface area (Å²) in [7, 11) is -3.12. The van der Waals surface area contributed by atoms with Crippen molar-refractivity contribution < 1.29 is 8.42 Å². The highest BCUT2D eigenvalue weighted by Gasteiger charge is 2.08. The molecule has 0 saturated heterocycles. The number of halogens is 1. The zero-order valence-corrected chi connectivity index (χ0v) is 9.06. The maximum absolute atomic E-state index is 11.2. The Bertz CT molecular complexity index is 396. The van der Waals surface area contributed by atoms with E-state index >= 15 is 0 Å². The lowest BCUT2D eigenvalue weighted by atomic mass is 10.2. The fourth-order valence-corrected chi connectivity index (χ4v) is 1.80. The van der Waals surface area contributed by atoms with Crippen molar-refractivity contribution >= 4 is 21.4 Å². The molecule has 0 spiro atoms. The van der Waals surface area contributed by atoms with E-state index in [1.165, 1.54) is 6.26 Å². The van der Waals surface area contributed by atoms with Crippen molar-refractivity contribution in [1.82, 2.24) is 0 Å². The van der Waals surface area contributed by atoms with Crippen LogP contribution in [0.5, 0.6) is 0 Å². The van der Waals surface area contributed by atoms with Gasteiger partial charge < -0.3 is 0 Å². The van der Waals surface area contributed by atoms with Crippen molar-refractivity contribution in [1.29, 1.82) is 0 Å². The molecule has 0 bridgehead atoms. The van der Waals surface area contributed by atoms with Gasteiger partial charge in [0.05, 0.1) is 10.3 Å². The van der Waals surface area contributed by atoms with E-state index < -0.39 is 9.84 Å². The molecule has 0 unspecified atom stereocenters. The highest BCUT2D eigenvalue weighted by molar-refractivity contribution is 7.90. The Labute approximate surface area is 83.5 Å². The normalized spacial score (nSPS) is 14.1. The van der Waals surface area contributed by atoms with Gasteiger partial charge in [0.2, 0.25) is 0 Å². The van der Waals surface area contributed by atoms with Gasteiger partial charge in [-0.25, -0.2) is 8.42 Å². The Morgan fingerprint density at radius 1 is 1.38 bits per heavy atom. The maximum Gasteiger partial charge on any atom is 0.175 e. The Hall–Kier alpha value is -0.540. The first kappa shape index (κ1) is 10.5. The number of benzene rings is 1. The number of hydrogen-bond acceptors (Lipinski definition) is 2. The molecule has 4 heteroatoms. The maximum atomic E-state index is 11.2. The van der Waals surface area contributed by atoms with Gasteiger partial charge in [0.25, 0.3) is 0 Å². The molecular weight excluding hydrogens is 208 g/mol. The van der Waals surface area contributed by atoms with E-state index in [-0.39, 0.29) is 5.38 Å². The van der Waals surface area contributed by atoms with Gasteiger partial charge in [0, 0.05) is 6.26 Å². The molecule has 1 aromatic carbocycles. The van der Waals surface area contributed by atoms with Crippen LogP contribution in [0.2, 0.25) is 0 Å². The minimum absolute atomic E-state index is 0.165. The molecule has 0 aromatic heterocycles. The minimum atomic E-state index is -3.12. The third kappa shape index (κ3) is 2.71. The molecule has 1 aromatic rings. The van der Waals surface area contributed by atoms with Crippen LogP contribution in [0.1, 0.15) is 17.9 Å². The van der Waals surface area contributed by atoms with Gasteiger partial charge in [0.15, 0.2) is 9.84 Å². The molecule has 0 radical (unpaired) electrons. The predicted octanol–water partition coefficient (Wildman–Crippen LogP) is 2.39. The van der Waals surface area contributed by atoms with E-state index in [0.29, 0.717) is 4.90 Å². The summed E-state index contributed by atoms with van der Waals surface area (Å²) in [5, 5.41) is -0.165. The summed E-state index contributed by atoms with van der Waals surface area (Å²) in [6.45, 7) is 1.81. The van der Waals surface area contributed by atoms with Crippen LogP contribution in [-0.2, 0) is 9.84 Å². The fourth-order valence-electron chi connectivity index (χ4n) is 0.993. The zero-order valence-electron chi connectivity index (χ0n) is 7.49. The van der Waals surface area contributed by atoms with E-state index in [2.05, 4.69) is 0 Å². The van der Waals surface area contributed by atoms with Gasteiger partial charge >= 0.3 is 0 Å². The lowest BCUT2D eigenvalue weighted by Gasteiger charge is -2.04. The van der Waals surface area contributed by atoms with E-state index in [1.54, 1.807) is 18.2 Å². The van der Waals surface area contributed by atoms with E-state index in [0.717, 1.165) is 5.56 Å². The summed E-state index contributed by atoms with van der Waals surface area (Å²) in [5.74, 6) is 0. The molecule has 0 aliphatic heterocycles. The first-order valence-corrected chi connectivity index (χ1v) is 6.18. The molecule has 0 N–H and O–H groups in total. The molecule has 13 heavy (non-hydrogen) atoms. The number of sulfone groups is 1. The Morgan fingerprint density at radius 2 is 2.00 bits per heavy atom. The van der Waals surface area contributed by atoms with E-state index in [4.69, 9.17) is 11.6 Å². The second kappa shape index (κ2) is 3.68. The molecule has 1 atom stereocenters. The predicted molar refractivity (Wildman–Crippen MR) is 53.8 cm³/mol. The van der Waals surface area contributed by atoms with Crippen molar-refractivity contribution in [3.05, 3.63) is 29.8 Å². The lowest BCUT2D eigenvalue weighted by molar-refractivity contribution is 0.601. The SMILES string of the molecule is C[C@H](Cl)c1cccc(S(C)(=O)=O)c1. The van der Waals surface area contributed by atoms with Crippen LogP contribution in [-0.4, -0.2) is 14.7 Å². The molecule has 0 heterocycles. The summed E-state index contributed by atoms with van der Waals surface area (Å²) < 4.78 is 22.3. The van der Waals surface area contributed by atoms with Gasteiger partial charge in [0.1, 0.15) is 0 Å². The first-order valence-electron chi connectivity index (χ1n) is 3.85. The zero-order chi connectivity index (χ0) is 10.1. The van der Waals surface area contributed by atoms with Gasteiger partial charge in [-0.1, -0.05) is 12.1 Å². The number of alkyl halides is 1. The van der Waals surface area contributed by atoms with Crippen molar-refractivity contribution in [3.63, 3.8) is 0 Å². The fraction of sp³-hybridized carbons (Fsp3) is 0.333. The lowest BCUT2D eigenvalue weighted by Crippen LogP contribution is -1.97. The van der Waals surface area contributed by atoms with Crippen molar-refractivity contribution in [2.75, 3.05) is 6.26 Å². The van der Waals surface area contributed by atoms with Crippen molar-refractivity contribution in [2.45, 2.75) is 17.2 Å². The van der Waals surface area contributed by atoms with Crippen molar-refractivity contribution in [2.24, 2.45) is 0 Å². The molecule has 0 amide bonds. The quantitative estimate of drug-likeness (QED) is 0.715. The Kier molecular flexibility index (Phi) is 2.98. The first-order chi connectivity index (χ1) is 5.91. The summed E-state index contributed by atoms with van der Waals surface area (Å²) >= 11 is 5.83. The average Bonchev–Trinajstić information content (AvgIpc) is 2.03. The molecule has 0 fully saturated rings. The average molecular weight is 219 g/mol. The van der Waals surface area contributed by atoms with Gasteiger partial charge in [-0.3, -0.25) is 0 Å². The largest absolute Gasteiger partial charge is 0.224 e. The molecular formula is C9H11ClO2S. The van der Waals surface area contributed by atoms with Crippen LogP contribution in [0.25, 0.3) is 0 Å². The summed E-state index contributed by atoms with van der Waals surface area (Å²) in [5.41, 5.74) is 0.824. The highest BCUT2D eigenvalue weighted by Crippen LogP contribution is 2.21. The molecule has 0 aliphatic rings. The van der Waals surface area contributed by atoms with Gasteiger partial charge in [-0.05, 0) is 24.6 Å². The molecule has 72 valence electrons. The standard InChI is InChI=1S/C9H11ClO2S/c1-7(10)8-4-3-5-9(6-8)13(2,11)12/h3-7H,1-2H3/t7-/m0/s1. The minimum Gasteiger partial charge on any atom is -0.224 e.